The van der Waals surface area contributed by atoms with Crippen molar-refractivity contribution in [3.05, 3.63) is 60.2 Å². The molecule has 6 rings (SSSR count). The summed E-state index contributed by atoms with van der Waals surface area (Å²) >= 11 is 0. The van der Waals surface area contributed by atoms with Gasteiger partial charge in [0.2, 0.25) is 0 Å². The average Bonchev–Trinajstić information content (AvgIpc) is 3.29. The maximum absolute atomic E-state index is 12.6. The molecule has 0 spiro atoms. The third-order valence-electron chi connectivity index (χ3n) is 8.08. The highest BCUT2D eigenvalue weighted by Gasteiger charge is 2.39. The number of piperidine rings is 1. The Morgan fingerprint density at radius 2 is 1.66 bits per heavy atom. The fourth-order valence-corrected chi connectivity index (χ4v) is 5.99. The maximum Gasteiger partial charge on any atom is 0.407 e. The van der Waals surface area contributed by atoms with Gasteiger partial charge in [0.15, 0.2) is 0 Å². The highest BCUT2D eigenvalue weighted by Crippen LogP contribution is 2.40. The van der Waals surface area contributed by atoms with E-state index in [1.54, 1.807) is 0 Å². The molecule has 10 nitrogen and oxygen atoms in total. The average molecular weight is 517 g/mol. The molecule has 2 aromatic carbocycles. The molecule has 198 valence electrons. The number of benzene rings is 2. The van der Waals surface area contributed by atoms with E-state index in [4.69, 9.17) is 20.7 Å². The van der Waals surface area contributed by atoms with Crippen LogP contribution in [0.25, 0.3) is 11.3 Å². The van der Waals surface area contributed by atoms with E-state index in [9.17, 15) is 9.59 Å². The molecule has 4 heterocycles. The van der Waals surface area contributed by atoms with Gasteiger partial charge in [-0.1, -0.05) is 18.2 Å². The maximum atomic E-state index is 12.6. The second-order valence-electron chi connectivity index (χ2n) is 10.3. The number of aromatic nitrogens is 2. The van der Waals surface area contributed by atoms with Gasteiger partial charge in [0.05, 0.1) is 6.04 Å². The number of hydrogen-bond acceptors (Lipinski definition) is 6. The highest BCUT2D eigenvalue weighted by molar-refractivity contribution is 6.03. The number of carboxylic acid groups (broad SMARTS) is 1. The Hall–Kier alpha value is -4.05. The van der Waals surface area contributed by atoms with Crippen LogP contribution in [0, 0.1) is 5.92 Å². The van der Waals surface area contributed by atoms with Crippen molar-refractivity contribution in [2.45, 2.75) is 31.3 Å². The van der Waals surface area contributed by atoms with E-state index in [1.165, 1.54) is 4.90 Å². The van der Waals surface area contributed by atoms with E-state index in [0.717, 1.165) is 50.2 Å². The summed E-state index contributed by atoms with van der Waals surface area (Å²) in [6, 6.07) is 17.6. The molecule has 3 aliphatic rings. The number of rotatable bonds is 6. The topological polar surface area (TPSA) is 126 Å². The van der Waals surface area contributed by atoms with Crippen LogP contribution in [0.2, 0.25) is 0 Å². The molecule has 2 fully saturated rings. The predicted molar refractivity (Wildman–Crippen MR) is 143 cm³/mol. The van der Waals surface area contributed by atoms with Crippen LogP contribution >= 0.6 is 0 Å². The van der Waals surface area contributed by atoms with Crippen LogP contribution in [0.1, 0.15) is 35.7 Å². The quantitative estimate of drug-likeness (QED) is 0.454. The van der Waals surface area contributed by atoms with Gasteiger partial charge < -0.3 is 25.8 Å². The molecule has 4 N–H and O–H groups in total. The lowest BCUT2D eigenvalue weighted by Crippen LogP contribution is -2.62. The molecule has 3 aromatic rings. The summed E-state index contributed by atoms with van der Waals surface area (Å²) < 4.78 is 7.90. The monoisotopic (exact) mass is 516 g/mol. The Bertz CT molecular complexity index is 1310. The lowest BCUT2D eigenvalue weighted by molar-refractivity contribution is 0.0136. The summed E-state index contributed by atoms with van der Waals surface area (Å²) in [5, 5.41) is 17.5. The van der Waals surface area contributed by atoms with Gasteiger partial charge in [-0.15, -0.1) is 0 Å². The van der Waals surface area contributed by atoms with Gasteiger partial charge in [-0.3, -0.25) is 9.69 Å². The van der Waals surface area contributed by atoms with E-state index in [2.05, 4.69) is 10.2 Å². The van der Waals surface area contributed by atoms with Crippen LogP contribution in [-0.4, -0.2) is 75.5 Å². The molecule has 0 bridgehead atoms. The zero-order valence-electron chi connectivity index (χ0n) is 21.1. The van der Waals surface area contributed by atoms with Gasteiger partial charge >= 0.3 is 6.09 Å². The van der Waals surface area contributed by atoms with Crippen molar-refractivity contribution < 1.29 is 19.4 Å². The van der Waals surface area contributed by atoms with Crippen molar-refractivity contribution in [1.82, 2.24) is 19.6 Å². The lowest BCUT2D eigenvalue weighted by atomic mass is 9.86. The third kappa shape index (κ3) is 4.56. The van der Waals surface area contributed by atoms with Crippen LogP contribution in [0.3, 0.4) is 0 Å². The Morgan fingerprint density at radius 1 is 0.974 bits per heavy atom. The van der Waals surface area contributed by atoms with E-state index < -0.39 is 12.0 Å². The molecule has 0 saturated carbocycles. The number of nitrogens with two attached hydrogens (primary N) is 1. The number of amides is 2. The van der Waals surface area contributed by atoms with Crippen LogP contribution in [0.15, 0.2) is 54.6 Å². The van der Waals surface area contributed by atoms with Crippen molar-refractivity contribution >= 4 is 17.8 Å². The number of likely N-dealkylation sites (tertiary alicyclic amines) is 2. The van der Waals surface area contributed by atoms with Crippen molar-refractivity contribution in [2.24, 2.45) is 11.7 Å². The molecule has 2 saturated heterocycles. The number of hydrogen-bond donors (Lipinski definition) is 3. The molecule has 0 radical (unpaired) electrons. The Morgan fingerprint density at radius 3 is 2.32 bits per heavy atom. The van der Waals surface area contributed by atoms with Gasteiger partial charge in [0.25, 0.3) is 5.91 Å². The van der Waals surface area contributed by atoms with E-state index in [-0.39, 0.29) is 6.04 Å². The second kappa shape index (κ2) is 10.0. The molecule has 10 heteroatoms. The highest BCUT2D eigenvalue weighted by atomic mass is 16.5. The molecular weight excluding hydrogens is 484 g/mol. The molecule has 0 unspecified atom stereocenters. The summed E-state index contributed by atoms with van der Waals surface area (Å²) in [7, 11) is 0. The largest absolute Gasteiger partial charge is 0.465 e. The van der Waals surface area contributed by atoms with Crippen molar-refractivity contribution in [1.29, 1.82) is 0 Å². The summed E-state index contributed by atoms with van der Waals surface area (Å²) in [4.78, 5) is 27.6. The van der Waals surface area contributed by atoms with Gasteiger partial charge in [-0.25, -0.2) is 9.48 Å². The number of para-hydroxylation sites is 1. The summed E-state index contributed by atoms with van der Waals surface area (Å²) in [6.45, 7) is 3.84. The fraction of sp³-hybridized carbons (Fsp3) is 0.393. The summed E-state index contributed by atoms with van der Waals surface area (Å²) in [5.74, 6) is 2.09. The molecule has 38 heavy (non-hydrogen) atoms. The predicted octanol–water partition coefficient (Wildman–Crippen LogP) is 3.87. The zero-order chi connectivity index (χ0) is 26.2. The molecule has 1 aromatic heterocycles. The first-order valence-electron chi connectivity index (χ1n) is 13.2. The first-order chi connectivity index (χ1) is 18.5. The smallest absolute Gasteiger partial charge is 0.407 e. The number of carbonyl (C=O) groups is 2. The number of nitrogens with one attached hydrogen (secondary N) is 1. The minimum Gasteiger partial charge on any atom is -0.465 e. The van der Waals surface area contributed by atoms with Gasteiger partial charge in [-0.05, 0) is 74.7 Å². The molecule has 1 atom stereocenters. The van der Waals surface area contributed by atoms with Crippen LogP contribution < -0.4 is 15.8 Å². The van der Waals surface area contributed by atoms with E-state index in [0.29, 0.717) is 47.9 Å². The third-order valence-corrected chi connectivity index (χ3v) is 8.08. The number of anilines is 1. The van der Waals surface area contributed by atoms with Gasteiger partial charge in [-0.2, -0.15) is 5.10 Å². The van der Waals surface area contributed by atoms with Crippen LogP contribution in [0.4, 0.5) is 10.6 Å². The minimum absolute atomic E-state index is 0.179. The normalized spacial score (nSPS) is 20.3. The first-order valence-corrected chi connectivity index (χ1v) is 13.2. The number of nitrogens with zero attached hydrogens (tertiary/aromatic N) is 4. The van der Waals surface area contributed by atoms with Crippen LogP contribution in [0.5, 0.6) is 11.5 Å². The molecule has 2 amide bonds. The fourth-order valence-electron chi connectivity index (χ4n) is 5.99. The van der Waals surface area contributed by atoms with Gasteiger partial charge in [0.1, 0.15) is 28.6 Å². The van der Waals surface area contributed by atoms with Crippen molar-refractivity contribution in [3.8, 4) is 22.8 Å². The van der Waals surface area contributed by atoms with Crippen molar-refractivity contribution in [2.75, 3.05) is 38.0 Å². The first kappa shape index (κ1) is 24.3. The molecule has 3 aliphatic heterocycles. The molecule has 0 aliphatic carbocycles. The van der Waals surface area contributed by atoms with Crippen LogP contribution in [-0.2, 0) is 0 Å². The molecular formula is C28H32N6O4. The Balaban J connectivity index is 1.20. The number of fused-ring (bicyclic) bond motifs is 1. The number of primary amides is 1. The standard InChI is InChI=1S/C28H32N6O4/c29-26(35)24-25(19-6-8-22(9-7-19)38-21-4-2-1-3-5-21)31-34-23(10-13-30-27(24)34)18-11-14-32(15-12-18)20-16-33(17-20)28(36)37/h1-9,18,20,23,30H,10-17H2,(H2,29,35)(H,36,37)/t23-/m0/s1. The second-order valence-corrected chi connectivity index (χ2v) is 10.3. The lowest BCUT2D eigenvalue weighted by Gasteiger charge is -2.47. The summed E-state index contributed by atoms with van der Waals surface area (Å²) in [5.41, 5.74) is 7.69. The van der Waals surface area contributed by atoms with E-state index >= 15 is 0 Å². The Kier molecular flexibility index (Phi) is 6.40. The van der Waals surface area contributed by atoms with E-state index in [1.807, 2.05) is 59.3 Å². The van der Waals surface area contributed by atoms with Gasteiger partial charge in [0, 0.05) is 31.2 Å². The zero-order valence-corrected chi connectivity index (χ0v) is 21.1. The Labute approximate surface area is 221 Å². The summed E-state index contributed by atoms with van der Waals surface area (Å²) in [6.07, 6.45) is 2.12. The van der Waals surface area contributed by atoms with Crippen molar-refractivity contribution in [3.63, 3.8) is 0 Å². The SMILES string of the molecule is NC(=O)c1c(-c2ccc(Oc3ccccc3)cc2)nn2c1NCC[C@H]2C1CCN(C2CN(C(=O)O)C2)CC1. The minimum atomic E-state index is -0.837. The number of carbonyl (C=O) groups excluding carboxylic acids is 1. The number of ether oxygens (including phenoxy) is 1.